The number of para-hydroxylation sites is 1. The molecule has 0 fully saturated rings. The molecule has 140 valence electrons. The Morgan fingerprint density at radius 2 is 1.86 bits per heavy atom. The van der Waals surface area contributed by atoms with Crippen molar-refractivity contribution < 1.29 is 9.90 Å². The molecule has 1 amide bonds. The lowest BCUT2D eigenvalue weighted by Gasteiger charge is -2.11. The monoisotopic (exact) mass is 435 g/mol. The summed E-state index contributed by atoms with van der Waals surface area (Å²) in [6, 6.07) is 17.9. The van der Waals surface area contributed by atoms with Crippen molar-refractivity contribution in [3.63, 3.8) is 0 Å². The molecule has 6 heteroatoms. The molecule has 2 aromatic carbocycles. The van der Waals surface area contributed by atoms with Gasteiger partial charge in [-0.25, -0.2) is 0 Å². The van der Waals surface area contributed by atoms with Crippen LogP contribution in [0.2, 0.25) is 0 Å². The van der Waals surface area contributed by atoms with Crippen molar-refractivity contribution in [3.05, 3.63) is 81.6 Å². The SMILES string of the molecule is Cc1cc(C=C(C#N)C(=O)Nc2ccc(O)cc2)c(C)n1-c1ccccc1Br. The van der Waals surface area contributed by atoms with Crippen LogP contribution in [0.15, 0.2) is 64.6 Å². The van der Waals surface area contributed by atoms with Crippen LogP contribution in [0.4, 0.5) is 5.69 Å². The fraction of sp³-hybridized carbons (Fsp3) is 0.0909. The topological polar surface area (TPSA) is 78.1 Å². The molecule has 0 spiro atoms. The molecule has 3 rings (SSSR count). The smallest absolute Gasteiger partial charge is 0.266 e. The number of aryl methyl sites for hydroxylation is 1. The first-order valence-electron chi connectivity index (χ1n) is 8.56. The Kier molecular flexibility index (Phi) is 5.67. The van der Waals surface area contributed by atoms with E-state index in [9.17, 15) is 15.2 Å². The lowest BCUT2D eigenvalue weighted by Crippen LogP contribution is -2.13. The summed E-state index contributed by atoms with van der Waals surface area (Å²) >= 11 is 3.57. The molecule has 0 aliphatic carbocycles. The van der Waals surface area contributed by atoms with Gasteiger partial charge in [0, 0.05) is 21.5 Å². The van der Waals surface area contributed by atoms with E-state index in [0.717, 1.165) is 27.1 Å². The van der Waals surface area contributed by atoms with Crippen LogP contribution in [0, 0.1) is 25.2 Å². The molecule has 5 nitrogen and oxygen atoms in total. The number of aromatic hydroxyl groups is 1. The zero-order valence-corrected chi connectivity index (χ0v) is 17.0. The van der Waals surface area contributed by atoms with E-state index in [-0.39, 0.29) is 11.3 Å². The van der Waals surface area contributed by atoms with Gasteiger partial charge in [0.05, 0.1) is 5.69 Å². The quantitative estimate of drug-likeness (QED) is 0.339. The third-order valence-corrected chi connectivity index (χ3v) is 5.02. The third-order valence-electron chi connectivity index (χ3n) is 4.35. The summed E-state index contributed by atoms with van der Waals surface area (Å²) in [4.78, 5) is 12.5. The largest absolute Gasteiger partial charge is 0.508 e. The minimum atomic E-state index is -0.501. The Balaban J connectivity index is 1.94. The van der Waals surface area contributed by atoms with Crippen molar-refractivity contribution in [1.29, 1.82) is 5.26 Å². The van der Waals surface area contributed by atoms with E-state index >= 15 is 0 Å². The summed E-state index contributed by atoms with van der Waals surface area (Å²) in [5.74, 6) is -0.396. The van der Waals surface area contributed by atoms with Gasteiger partial charge in [0.2, 0.25) is 0 Å². The molecular formula is C22H18BrN3O2. The minimum absolute atomic E-state index is 0.000419. The number of phenols is 1. The summed E-state index contributed by atoms with van der Waals surface area (Å²) in [5.41, 5.74) is 4.21. The van der Waals surface area contributed by atoms with Crippen LogP contribution >= 0.6 is 15.9 Å². The standard InChI is InChI=1S/C22H18BrN3O2/c1-14-11-16(15(2)26(14)21-6-4-3-5-20(21)23)12-17(13-24)22(28)25-18-7-9-19(27)10-8-18/h3-12,27H,1-2H3,(H,25,28). The van der Waals surface area contributed by atoms with Gasteiger partial charge in [-0.1, -0.05) is 12.1 Å². The van der Waals surface area contributed by atoms with Gasteiger partial charge in [0.1, 0.15) is 17.4 Å². The minimum Gasteiger partial charge on any atom is -0.508 e. The highest BCUT2D eigenvalue weighted by Gasteiger charge is 2.15. The van der Waals surface area contributed by atoms with Gasteiger partial charge in [-0.2, -0.15) is 5.26 Å². The highest BCUT2D eigenvalue weighted by atomic mass is 79.9. The Morgan fingerprint density at radius 1 is 1.18 bits per heavy atom. The average molecular weight is 436 g/mol. The van der Waals surface area contributed by atoms with Crippen LogP contribution < -0.4 is 5.32 Å². The Morgan fingerprint density at radius 3 is 2.50 bits per heavy atom. The third kappa shape index (κ3) is 4.00. The lowest BCUT2D eigenvalue weighted by molar-refractivity contribution is -0.112. The fourth-order valence-corrected chi connectivity index (χ4v) is 3.45. The average Bonchev–Trinajstić information content (AvgIpc) is 2.95. The van der Waals surface area contributed by atoms with Gasteiger partial charge >= 0.3 is 0 Å². The number of hydrogen-bond acceptors (Lipinski definition) is 3. The molecule has 0 atom stereocenters. The van der Waals surface area contributed by atoms with Crippen LogP contribution in [-0.4, -0.2) is 15.6 Å². The Labute approximate surface area is 171 Å². The van der Waals surface area contributed by atoms with Crippen molar-refractivity contribution in [2.75, 3.05) is 5.32 Å². The number of amides is 1. The molecule has 28 heavy (non-hydrogen) atoms. The van der Waals surface area contributed by atoms with Crippen LogP contribution in [0.5, 0.6) is 5.75 Å². The van der Waals surface area contributed by atoms with Crippen molar-refractivity contribution >= 4 is 33.6 Å². The molecule has 1 aromatic heterocycles. The summed E-state index contributed by atoms with van der Waals surface area (Å²) < 4.78 is 3.03. The summed E-state index contributed by atoms with van der Waals surface area (Å²) in [5, 5.41) is 21.5. The van der Waals surface area contributed by atoms with Gasteiger partial charge in [0.25, 0.3) is 5.91 Å². The van der Waals surface area contributed by atoms with Crippen molar-refractivity contribution in [2.45, 2.75) is 13.8 Å². The van der Waals surface area contributed by atoms with Crippen molar-refractivity contribution in [2.24, 2.45) is 0 Å². The number of nitrogens with zero attached hydrogens (tertiary/aromatic N) is 2. The first-order valence-corrected chi connectivity index (χ1v) is 9.36. The van der Waals surface area contributed by atoms with E-state index in [0.29, 0.717) is 5.69 Å². The number of rotatable bonds is 4. The number of nitrogens with one attached hydrogen (secondary N) is 1. The number of halogens is 1. The normalized spacial score (nSPS) is 11.1. The highest BCUT2D eigenvalue weighted by Crippen LogP contribution is 2.27. The van der Waals surface area contributed by atoms with E-state index < -0.39 is 5.91 Å². The molecule has 0 aliphatic rings. The molecule has 0 saturated heterocycles. The van der Waals surface area contributed by atoms with Gasteiger partial charge in [-0.3, -0.25) is 4.79 Å². The number of carbonyl (C=O) groups is 1. The molecule has 3 aromatic rings. The predicted octanol–water partition coefficient (Wildman–Crippen LogP) is 5.11. The van der Waals surface area contributed by atoms with E-state index in [4.69, 9.17) is 0 Å². The number of hydrogen-bond donors (Lipinski definition) is 2. The van der Waals surface area contributed by atoms with E-state index in [1.807, 2.05) is 50.2 Å². The lowest BCUT2D eigenvalue weighted by atomic mass is 10.1. The summed E-state index contributed by atoms with van der Waals surface area (Å²) in [6.45, 7) is 3.93. The first kappa shape index (κ1) is 19.5. The number of nitriles is 1. The van der Waals surface area contributed by atoms with Crippen molar-refractivity contribution in [3.8, 4) is 17.5 Å². The van der Waals surface area contributed by atoms with Gasteiger partial charge in [-0.15, -0.1) is 0 Å². The molecular weight excluding hydrogens is 418 g/mol. The van der Waals surface area contributed by atoms with Crippen LogP contribution in [0.3, 0.4) is 0 Å². The maximum Gasteiger partial charge on any atom is 0.266 e. The Bertz CT molecular complexity index is 1110. The molecule has 0 radical (unpaired) electrons. The van der Waals surface area contributed by atoms with Crippen LogP contribution in [-0.2, 0) is 4.79 Å². The molecule has 0 saturated carbocycles. The van der Waals surface area contributed by atoms with E-state index in [1.54, 1.807) is 18.2 Å². The maximum absolute atomic E-state index is 12.5. The molecule has 0 unspecified atom stereocenters. The fourth-order valence-electron chi connectivity index (χ4n) is 2.98. The summed E-state index contributed by atoms with van der Waals surface area (Å²) in [7, 11) is 0. The van der Waals surface area contributed by atoms with Gasteiger partial charge < -0.3 is 15.0 Å². The van der Waals surface area contributed by atoms with Gasteiger partial charge in [-0.05, 0) is 83.9 Å². The van der Waals surface area contributed by atoms with Crippen molar-refractivity contribution in [1.82, 2.24) is 4.57 Å². The van der Waals surface area contributed by atoms with E-state index in [2.05, 4.69) is 25.8 Å². The maximum atomic E-state index is 12.5. The number of anilines is 1. The van der Waals surface area contributed by atoms with Crippen LogP contribution in [0.25, 0.3) is 11.8 Å². The number of carbonyl (C=O) groups excluding carboxylic acids is 1. The van der Waals surface area contributed by atoms with Gasteiger partial charge in [0.15, 0.2) is 0 Å². The number of phenolic OH excluding ortho intramolecular Hbond substituents is 1. The summed E-state index contributed by atoms with van der Waals surface area (Å²) in [6.07, 6.45) is 1.59. The van der Waals surface area contributed by atoms with Crippen LogP contribution in [0.1, 0.15) is 17.0 Å². The molecule has 0 bridgehead atoms. The first-order chi connectivity index (χ1) is 13.4. The second kappa shape index (κ2) is 8.15. The molecule has 1 heterocycles. The molecule has 0 aliphatic heterocycles. The predicted molar refractivity (Wildman–Crippen MR) is 113 cm³/mol. The zero-order chi connectivity index (χ0) is 20.3. The highest BCUT2D eigenvalue weighted by molar-refractivity contribution is 9.10. The number of aromatic nitrogens is 1. The number of benzene rings is 2. The Hall–Kier alpha value is -3.30. The molecule has 2 N–H and O–H groups in total. The zero-order valence-electron chi connectivity index (χ0n) is 15.4. The second-order valence-corrected chi connectivity index (χ2v) is 7.14. The van der Waals surface area contributed by atoms with E-state index in [1.165, 1.54) is 12.1 Å². The second-order valence-electron chi connectivity index (χ2n) is 6.28.